The number of hydrogen-bond donors (Lipinski definition) is 2. The number of fused-ring (bicyclic) bond motifs is 1. The quantitative estimate of drug-likeness (QED) is 0.213. The van der Waals surface area contributed by atoms with Crippen molar-refractivity contribution in [2.45, 2.75) is 40.0 Å². The molecule has 0 saturated heterocycles. The number of carbonyl (C=O) groups excluding carboxylic acids is 1. The molecule has 2 N–H and O–H groups in total. The van der Waals surface area contributed by atoms with Gasteiger partial charge < -0.3 is 19.5 Å². The van der Waals surface area contributed by atoms with Crippen LogP contribution in [0.5, 0.6) is 17.2 Å². The Morgan fingerprint density at radius 1 is 0.952 bits per heavy atom. The minimum atomic E-state index is -0.496. The molecule has 0 spiro atoms. The van der Waals surface area contributed by atoms with Gasteiger partial charge in [0.05, 0.1) is 12.6 Å². The molecule has 3 aromatic carbocycles. The third-order valence-corrected chi connectivity index (χ3v) is 7.46. The molecule has 0 radical (unpaired) electrons. The molecular weight excluding hydrogens is 528 g/mol. The molecule has 0 fully saturated rings. The highest BCUT2D eigenvalue weighted by Crippen LogP contribution is 2.47. The van der Waals surface area contributed by atoms with Gasteiger partial charge in [0.1, 0.15) is 23.7 Å². The summed E-state index contributed by atoms with van der Waals surface area (Å²) >= 11 is 0. The Bertz CT molecular complexity index is 1730. The van der Waals surface area contributed by atoms with Crippen LogP contribution in [-0.2, 0) is 13.2 Å². The summed E-state index contributed by atoms with van der Waals surface area (Å²) in [7, 11) is 0. The zero-order chi connectivity index (χ0) is 29.2. The third kappa shape index (κ3) is 5.07. The van der Waals surface area contributed by atoms with Crippen LogP contribution in [0.2, 0.25) is 0 Å². The number of aromatic nitrogens is 3. The second-order valence-electron chi connectivity index (χ2n) is 10.4. The zero-order valence-electron chi connectivity index (χ0n) is 23.8. The summed E-state index contributed by atoms with van der Waals surface area (Å²) in [6.45, 7) is 6.95. The molecular formula is C34H32N4O4. The van der Waals surface area contributed by atoms with Gasteiger partial charge in [0, 0.05) is 30.1 Å². The van der Waals surface area contributed by atoms with Crippen LogP contribution in [0, 0.1) is 13.8 Å². The van der Waals surface area contributed by atoms with E-state index >= 15 is 0 Å². The number of aryl methyl sites for hydroxylation is 2. The van der Waals surface area contributed by atoms with E-state index < -0.39 is 6.04 Å². The lowest BCUT2D eigenvalue weighted by Crippen LogP contribution is -2.29. The van der Waals surface area contributed by atoms with Crippen molar-refractivity contribution >= 4 is 5.91 Å². The minimum Gasteiger partial charge on any atom is -0.507 e. The first-order chi connectivity index (χ1) is 20.4. The molecule has 8 nitrogen and oxygen atoms in total. The Kier molecular flexibility index (Phi) is 7.35. The Balaban J connectivity index is 1.46. The fourth-order valence-electron chi connectivity index (χ4n) is 5.56. The van der Waals surface area contributed by atoms with Crippen LogP contribution in [0.25, 0.3) is 11.3 Å². The van der Waals surface area contributed by atoms with Crippen LogP contribution >= 0.6 is 0 Å². The molecule has 8 heteroatoms. The molecule has 0 bridgehead atoms. The number of benzene rings is 3. The van der Waals surface area contributed by atoms with Crippen LogP contribution in [0.4, 0.5) is 0 Å². The van der Waals surface area contributed by atoms with Gasteiger partial charge in [-0.1, -0.05) is 48.5 Å². The maximum atomic E-state index is 13.9. The van der Waals surface area contributed by atoms with Crippen LogP contribution in [0.15, 0.2) is 85.2 Å². The smallest absolute Gasteiger partial charge is 0.273 e. The van der Waals surface area contributed by atoms with Crippen LogP contribution in [-0.4, -0.2) is 37.7 Å². The Labute approximate surface area is 244 Å². The number of pyridine rings is 1. The number of rotatable bonds is 9. The molecule has 3 heterocycles. The van der Waals surface area contributed by atoms with Crippen molar-refractivity contribution in [1.82, 2.24) is 20.1 Å². The highest BCUT2D eigenvalue weighted by Gasteiger charge is 2.43. The van der Waals surface area contributed by atoms with Crippen LogP contribution in [0.3, 0.4) is 0 Å². The highest BCUT2D eigenvalue weighted by molar-refractivity contribution is 6.00. The van der Waals surface area contributed by atoms with Crippen molar-refractivity contribution in [3.63, 3.8) is 0 Å². The van der Waals surface area contributed by atoms with Crippen molar-refractivity contribution < 1.29 is 19.4 Å². The van der Waals surface area contributed by atoms with Gasteiger partial charge in [-0.2, -0.15) is 5.10 Å². The van der Waals surface area contributed by atoms with Crippen molar-refractivity contribution in [2.24, 2.45) is 0 Å². The number of nitrogens with one attached hydrogen (secondary N) is 1. The lowest BCUT2D eigenvalue weighted by atomic mass is 9.93. The molecule has 1 aliphatic rings. The number of aromatic amines is 1. The van der Waals surface area contributed by atoms with Gasteiger partial charge in [-0.3, -0.25) is 14.9 Å². The van der Waals surface area contributed by atoms with Crippen molar-refractivity contribution in [1.29, 1.82) is 0 Å². The fraction of sp³-hybridized carbons (Fsp3) is 0.206. The maximum Gasteiger partial charge on any atom is 0.273 e. The number of phenolic OH excluding ortho intramolecular Hbond substituents is 1. The van der Waals surface area contributed by atoms with Gasteiger partial charge in [-0.25, -0.2) is 0 Å². The number of carbonyl (C=O) groups is 1. The Morgan fingerprint density at radius 3 is 2.52 bits per heavy atom. The zero-order valence-corrected chi connectivity index (χ0v) is 23.8. The molecule has 1 aliphatic heterocycles. The van der Waals surface area contributed by atoms with E-state index in [1.165, 1.54) is 0 Å². The molecule has 212 valence electrons. The van der Waals surface area contributed by atoms with Gasteiger partial charge in [0.15, 0.2) is 11.5 Å². The second-order valence-corrected chi connectivity index (χ2v) is 10.4. The largest absolute Gasteiger partial charge is 0.507 e. The van der Waals surface area contributed by atoms with Crippen molar-refractivity contribution in [3.05, 3.63) is 124 Å². The highest BCUT2D eigenvalue weighted by atomic mass is 16.5. The lowest BCUT2D eigenvalue weighted by molar-refractivity contribution is 0.0729. The molecule has 0 saturated carbocycles. The summed E-state index contributed by atoms with van der Waals surface area (Å²) in [6, 6.07) is 22.9. The third-order valence-electron chi connectivity index (χ3n) is 7.46. The molecule has 6 rings (SSSR count). The first-order valence-corrected chi connectivity index (χ1v) is 14.0. The number of phenols is 1. The van der Waals surface area contributed by atoms with Gasteiger partial charge >= 0.3 is 0 Å². The number of nitrogens with zero attached hydrogens (tertiary/aromatic N) is 3. The summed E-state index contributed by atoms with van der Waals surface area (Å²) in [5, 5.41) is 18.6. The second kappa shape index (κ2) is 11.4. The summed E-state index contributed by atoms with van der Waals surface area (Å²) in [4.78, 5) is 20.0. The van der Waals surface area contributed by atoms with E-state index in [9.17, 15) is 9.90 Å². The van der Waals surface area contributed by atoms with E-state index in [0.29, 0.717) is 53.8 Å². The Hall–Kier alpha value is -5.11. The topological polar surface area (TPSA) is 101 Å². The molecule has 1 atom stereocenters. The first kappa shape index (κ1) is 27.1. The normalized spacial score (nSPS) is 14.2. The fourth-order valence-corrected chi connectivity index (χ4v) is 5.56. The molecule has 1 unspecified atom stereocenters. The maximum absolute atomic E-state index is 13.9. The summed E-state index contributed by atoms with van der Waals surface area (Å²) in [5.41, 5.74) is 6.77. The van der Waals surface area contributed by atoms with Crippen LogP contribution < -0.4 is 9.47 Å². The van der Waals surface area contributed by atoms with Crippen molar-refractivity contribution in [2.75, 3.05) is 6.61 Å². The molecule has 5 aromatic rings. The number of amides is 1. The molecule has 42 heavy (non-hydrogen) atoms. The monoisotopic (exact) mass is 560 g/mol. The van der Waals surface area contributed by atoms with Crippen LogP contribution in [0.1, 0.15) is 56.8 Å². The first-order valence-electron chi connectivity index (χ1n) is 14.0. The summed E-state index contributed by atoms with van der Waals surface area (Å²) < 4.78 is 12.2. The average molecular weight is 561 g/mol. The lowest BCUT2D eigenvalue weighted by Gasteiger charge is -2.27. The van der Waals surface area contributed by atoms with Crippen molar-refractivity contribution in [3.8, 4) is 28.5 Å². The van der Waals surface area contributed by atoms with Gasteiger partial charge in [0.25, 0.3) is 5.91 Å². The van der Waals surface area contributed by atoms with E-state index in [-0.39, 0.29) is 11.7 Å². The molecule has 0 aliphatic carbocycles. The molecule has 2 aromatic heterocycles. The van der Waals surface area contributed by atoms with E-state index in [1.54, 1.807) is 17.3 Å². The number of H-pyrrole nitrogens is 1. The number of ether oxygens (including phenoxy) is 2. The van der Waals surface area contributed by atoms with E-state index in [4.69, 9.17) is 9.47 Å². The summed E-state index contributed by atoms with van der Waals surface area (Å²) in [5.74, 6) is 1.18. The molecule has 1 amide bonds. The minimum absolute atomic E-state index is 0.145. The van der Waals surface area contributed by atoms with Gasteiger partial charge in [-0.05, 0) is 72.9 Å². The SMILES string of the molecule is CCOc1cc(C2c3c(-c4cc(C)cc(C)c4O)n[nH]c3C(=O)N2Cc2cccnc2)ccc1OCc1ccccc1. The van der Waals surface area contributed by atoms with Gasteiger partial charge in [0.2, 0.25) is 0 Å². The average Bonchev–Trinajstić information content (AvgIpc) is 3.54. The van der Waals surface area contributed by atoms with E-state index in [2.05, 4.69) is 15.2 Å². The predicted molar refractivity (Wildman–Crippen MR) is 160 cm³/mol. The number of hydrogen-bond acceptors (Lipinski definition) is 6. The van der Waals surface area contributed by atoms with Gasteiger partial charge in [-0.15, -0.1) is 0 Å². The van der Waals surface area contributed by atoms with E-state index in [1.807, 2.05) is 93.6 Å². The number of aromatic hydroxyl groups is 1. The predicted octanol–water partition coefficient (Wildman–Crippen LogP) is 6.52. The standard InChI is InChI=1S/C34H32N4O4/c1-4-41-28-17-25(12-13-27(28)42-20-23-9-6-5-7-10-23)32-29-30(26-16-21(2)15-22(3)33(26)39)36-37-31(29)34(40)38(32)19-24-11-8-14-35-18-24/h5-18,32,39H,4,19-20H2,1-3H3,(H,36,37). The summed E-state index contributed by atoms with van der Waals surface area (Å²) in [6.07, 6.45) is 3.47. The van der Waals surface area contributed by atoms with E-state index in [0.717, 1.165) is 27.8 Å². The Morgan fingerprint density at radius 2 is 1.76 bits per heavy atom.